The molecule has 0 spiro atoms. The van der Waals surface area contributed by atoms with Crippen molar-refractivity contribution in [2.24, 2.45) is 5.14 Å². The summed E-state index contributed by atoms with van der Waals surface area (Å²) in [5.41, 5.74) is 2.40. The van der Waals surface area contributed by atoms with Gasteiger partial charge in [-0.05, 0) is 31.2 Å². The van der Waals surface area contributed by atoms with Crippen LogP contribution in [0.4, 0.5) is 0 Å². The van der Waals surface area contributed by atoms with Gasteiger partial charge >= 0.3 is 0 Å². The lowest BCUT2D eigenvalue weighted by Crippen LogP contribution is -2.43. The fourth-order valence-corrected chi connectivity index (χ4v) is 3.86. The number of sulfonamides is 1. The quantitative estimate of drug-likeness (QED) is 0.856. The summed E-state index contributed by atoms with van der Waals surface area (Å²) in [4.78, 5) is 0. The molecule has 1 aromatic rings. The van der Waals surface area contributed by atoms with E-state index in [9.17, 15) is 8.42 Å². The summed E-state index contributed by atoms with van der Waals surface area (Å²) >= 11 is 0. The van der Waals surface area contributed by atoms with E-state index in [1.54, 1.807) is 0 Å². The molecule has 2 heterocycles. The molecular weight excluding hydrogens is 276 g/mol. The Morgan fingerprint density at radius 2 is 2.15 bits per heavy atom. The highest BCUT2D eigenvalue weighted by Gasteiger charge is 2.30. The number of benzene rings is 1. The average Bonchev–Trinajstić information content (AvgIpc) is 2.46. The number of nitrogens with two attached hydrogens (primary N) is 1. The van der Waals surface area contributed by atoms with Crippen molar-refractivity contribution in [3.05, 3.63) is 29.3 Å². The predicted molar refractivity (Wildman–Crippen MR) is 77.1 cm³/mol. The van der Waals surface area contributed by atoms with Gasteiger partial charge in [0.2, 0.25) is 10.0 Å². The standard InChI is InChI=1S/C14H20N2O3S/c15-20(17,18)11-6-7-13(16-9-11)12-5-1-3-10-4-2-8-19-14(10)12/h1,3,5,11,13,16H,2,4,6-9H2,(H2,15,17,18). The van der Waals surface area contributed by atoms with E-state index in [1.807, 2.05) is 0 Å². The third-order valence-electron chi connectivity index (χ3n) is 4.17. The van der Waals surface area contributed by atoms with Crippen LogP contribution in [0.25, 0.3) is 0 Å². The summed E-state index contributed by atoms with van der Waals surface area (Å²) in [5.74, 6) is 0.991. The van der Waals surface area contributed by atoms with Crippen LogP contribution >= 0.6 is 0 Å². The fourth-order valence-electron chi connectivity index (χ4n) is 3.07. The summed E-state index contributed by atoms with van der Waals surface area (Å²) in [6, 6.07) is 6.38. The first-order valence-corrected chi connectivity index (χ1v) is 8.66. The Labute approximate surface area is 119 Å². The molecule has 1 aromatic carbocycles. The molecule has 0 radical (unpaired) electrons. The van der Waals surface area contributed by atoms with Gasteiger partial charge in [-0.2, -0.15) is 0 Å². The minimum Gasteiger partial charge on any atom is -0.493 e. The van der Waals surface area contributed by atoms with E-state index < -0.39 is 15.3 Å². The Kier molecular flexibility index (Phi) is 3.70. The van der Waals surface area contributed by atoms with Crippen LogP contribution in [0.3, 0.4) is 0 Å². The summed E-state index contributed by atoms with van der Waals surface area (Å²) < 4.78 is 28.6. The first kappa shape index (κ1) is 13.9. The smallest absolute Gasteiger partial charge is 0.213 e. The van der Waals surface area contributed by atoms with Gasteiger partial charge in [0.25, 0.3) is 0 Å². The van der Waals surface area contributed by atoms with Crippen molar-refractivity contribution >= 4 is 10.0 Å². The number of hydrogen-bond donors (Lipinski definition) is 2. The summed E-state index contributed by atoms with van der Waals surface area (Å²) in [5, 5.41) is 8.04. The number of para-hydroxylation sites is 1. The zero-order valence-electron chi connectivity index (χ0n) is 11.3. The molecule has 1 fully saturated rings. The van der Waals surface area contributed by atoms with Gasteiger partial charge in [-0.15, -0.1) is 0 Å². The second kappa shape index (κ2) is 5.35. The molecule has 0 bridgehead atoms. The van der Waals surface area contributed by atoms with E-state index >= 15 is 0 Å². The molecule has 2 atom stereocenters. The van der Waals surface area contributed by atoms with Gasteiger partial charge in [0.05, 0.1) is 11.9 Å². The molecule has 2 aliphatic rings. The van der Waals surface area contributed by atoms with Crippen LogP contribution in [-0.4, -0.2) is 26.8 Å². The van der Waals surface area contributed by atoms with Gasteiger partial charge in [-0.1, -0.05) is 18.2 Å². The van der Waals surface area contributed by atoms with Crippen LogP contribution in [-0.2, 0) is 16.4 Å². The predicted octanol–water partition coefficient (Wildman–Crippen LogP) is 1.09. The molecule has 0 aromatic heterocycles. The van der Waals surface area contributed by atoms with E-state index in [1.165, 1.54) is 5.56 Å². The SMILES string of the molecule is NS(=O)(=O)C1CCC(c2cccc3c2OCCC3)NC1. The van der Waals surface area contributed by atoms with Gasteiger partial charge in [-0.25, -0.2) is 13.6 Å². The van der Waals surface area contributed by atoms with E-state index in [2.05, 4.69) is 23.5 Å². The Morgan fingerprint density at radius 3 is 2.85 bits per heavy atom. The highest BCUT2D eigenvalue weighted by atomic mass is 32.2. The van der Waals surface area contributed by atoms with E-state index in [0.717, 1.165) is 37.2 Å². The van der Waals surface area contributed by atoms with Crippen LogP contribution in [0.15, 0.2) is 18.2 Å². The van der Waals surface area contributed by atoms with Gasteiger partial charge in [-0.3, -0.25) is 0 Å². The minimum absolute atomic E-state index is 0.154. The van der Waals surface area contributed by atoms with Gasteiger partial charge < -0.3 is 10.1 Å². The van der Waals surface area contributed by atoms with E-state index in [0.29, 0.717) is 13.0 Å². The molecule has 0 aliphatic carbocycles. The third-order valence-corrected chi connectivity index (χ3v) is 5.50. The molecule has 2 unspecified atom stereocenters. The lowest BCUT2D eigenvalue weighted by Gasteiger charge is -2.31. The van der Waals surface area contributed by atoms with Crippen LogP contribution in [0.2, 0.25) is 0 Å². The van der Waals surface area contributed by atoms with Crippen molar-refractivity contribution in [1.29, 1.82) is 0 Å². The van der Waals surface area contributed by atoms with Crippen molar-refractivity contribution in [1.82, 2.24) is 5.32 Å². The lowest BCUT2D eigenvalue weighted by molar-refractivity contribution is 0.278. The first-order chi connectivity index (χ1) is 9.55. The maximum Gasteiger partial charge on any atom is 0.213 e. The Bertz CT molecular complexity index is 592. The molecule has 0 amide bonds. The van der Waals surface area contributed by atoms with Crippen molar-refractivity contribution < 1.29 is 13.2 Å². The monoisotopic (exact) mass is 296 g/mol. The van der Waals surface area contributed by atoms with Gasteiger partial charge in [0.15, 0.2) is 0 Å². The first-order valence-electron chi connectivity index (χ1n) is 7.05. The zero-order valence-corrected chi connectivity index (χ0v) is 12.2. The summed E-state index contributed by atoms with van der Waals surface area (Å²) in [7, 11) is -3.44. The fraction of sp³-hybridized carbons (Fsp3) is 0.571. The molecule has 3 N–H and O–H groups in total. The number of hydrogen-bond acceptors (Lipinski definition) is 4. The highest BCUT2D eigenvalue weighted by Crippen LogP contribution is 2.36. The van der Waals surface area contributed by atoms with Crippen LogP contribution in [0.5, 0.6) is 5.75 Å². The van der Waals surface area contributed by atoms with Gasteiger partial charge in [0, 0.05) is 18.2 Å². The molecule has 2 aliphatic heterocycles. The maximum atomic E-state index is 11.4. The molecule has 3 rings (SSSR count). The molecule has 6 heteroatoms. The van der Waals surface area contributed by atoms with Crippen molar-refractivity contribution in [2.75, 3.05) is 13.2 Å². The van der Waals surface area contributed by atoms with E-state index in [4.69, 9.17) is 9.88 Å². The van der Waals surface area contributed by atoms with E-state index in [-0.39, 0.29) is 6.04 Å². The summed E-state index contributed by atoms with van der Waals surface area (Å²) in [6.07, 6.45) is 3.47. The molecule has 0 saturated carbocycles. The van der Waals surface area contributed by atoms with Gasteiger partial charge in [0.1, 0.15) is 5.75 Å². The number of piperidine rings is 1. The Hall–Kier alpha value is -1.11. The number of nitrogens with one attached hydrogen (secondary N) is 1. The molecule has 110 valence electrons. The number of ether oxygens (including phenoxy) is 1. The minimum atomic E-state index is -3.44. The molecular formula is C14H20N2O3S. The Morgan fingerprint density at radius 1 is 1.30 bits per heavy atom. The van der Waals surface area contributed by atoms with Crippen molar-refractivity contribution in [2.45, 2.75) is 37.0 Å². The maximum absolute atomic E-state index is 11.4. The second-order valence-corrected chi connectivity index (χ2v) is 7.38. The number of rotatable bonds is 2. The third kappa shape index (κ3) is 2.68. The van der Waals surface area contributed by atoms with Crippen LogP contribution in [0.1, 0.15) is 36.4 Å². The highest BCUT2D eigenvalue weighted by molar-refractivity contribution is 7.89. The van der Waals surface area contributed by atoms with Crippen LogP contribution in [0, 0.1) is 0 Å². The topological polar surface area (TPSA) is 81.4 Å². The second-order valence-electron chi connectivity index (χ2n) is 5.54. The molecule has 20 heavy (non-hydrogen) atoms. The molecule has 5 nitrogen and oxygen atoms in total. The number of primary sulfonamides is 1. The lowest BCUT2D eigenvalue weighted by atomic mass is 9.93. The van der Waals surface area contributed by atoms with Crippen molar-refractivity contribution in [3.63, 3.8) is 0 Å². The largest absolute Gasteiger partial charge is 0.493 e. The van der Waals surface area contributed by atoms with Crippen LogP contribution < -0.4 is 15.2 Å². The normalized spacial score (nSPS) is 26.6. The number of aryl methyl sites for hydroxylation is 1. The summed E-state index contributed by atoms with van der Waals surface area (Å²) in [6.45, 7) is 1.17. The zero-order chi connectivity index (χ0) is 14.2. The van der Waals surface area contributed by atoms with Crippen molar-refractivity contribution in [3.8, 4) is 5.75 Å². The molecule has 1 saturated heterocycles. The average molecular weight is 296 g/mol. The Balaban J connectivity index is 1.79. The number of fused-ring (bicyclic) bond motifs is 1.